The van der Waals surface area contributed by atoms with Crippen molar-refractivity contribution in [2.45, 2.75) is 71.6 Å². The Kier molecular flexibility index (Phi) is 27.5. The van der Waals surface area contributed by atoms with Gasteiger partial charge in [-0.3, -0.25) is 0 Å². The quantitative estimate of drug-likeness (QED) is 0.190. The lowest BCUT2D eigenvalue weighted by Crippen LogP contribution is -2.14. The van der Waals surface area contributed by atoms with Crippen molar-refractivity contribution in [1.29, 1.82) is 0 Å². The lowest BCUT2D eigenvalue weighted by atomic mass is 10.1. The molecule has 6 heteroatoms. The van der Waals surface area contributed by atoms with Crippen LogP contribution in [-0.2, 0) is 28.4 Å². The van der Waals surface area contributed by atoms with Crippen LogP contribution in [0.3, 0.4) is 0 Å². The van der Waals surface area contributed by atoms with Crippen LogP contribution >= 0.6 is 0 Å². The van der Waals surface area contributed by atoms with Gasteiger partial charge in [0.15, 0.2) is 0 Å². The van der Waals surface area contributed by atoms with Crippen molar-refractivity contribution in [1.82, 2.24) is 0 Å². The predicted octanol–water partition coefficient (Wildman–Crippen LogP) is 4.64. The Hall–Kier alpha value is -0.240. The molecule has 6 nitrogen and oxygen atoms in total. The van der Waals surface area contributed by atoms with Crippen LogP contribution < -0.4 is 0 Å². The van der Waals surface area contributed by atoms with Crippen LogP contribution in [0.5, 0.6) is 0 Å². The molecule has 0 amide bonds. The minimum atomic E-state index is 0.582. The molecule has 0 heterocycles. The number of rotatable bonds is 26. The molecule has 0 aliphatic rings. The first-order valence-electron chi connectivity index (χ1n) is 11.9. The summed E-state index contributed by atoms with van der Waals surface area (Å²) in [6.45, 7) is 12.3. The van der Waals surface area contributed by atoms with Crippen LogP contribution in [0.25, 0.3) is 0 Å². The Labute approximate surface area is 179 Å². The van der Waals surface area contributed by atoms with E-state index >= 15 is 0 Å². The van der Waals surface area contributed by atoms with E-state index in [1.807, 2.05) is 0 Å². The van der Waals surface area contributed by atoms with Gasteiger partial charge < -0.3 is 28.4 Å². The number of hydrogen-bond donors (Lipinski definition) is 0. The van der Waals surface area contributed by atoms with Gasteiger partial charge in [0, 0.05) is 13.2 Å². The minimum Gasteiger partial charge on any atom is -0.379 e. The molecule has 0 aromatic heterocycles. The zero-order chi connectivity index (χ0) is 21.1. The Morgan fingerprint density at radius 2 is 0.517 bits per heavy atom. The second-order valence-electron chi connectivity index (χ2n) is 7.15. The van der Waals surface area contributed by atoms with E-state index in [9.17, 15) is 0 Å². The molecule has 0 aliphatic heterocycles. The summed E-state index contributed by atoms with van der Waals surface area (Å²) < 4.78 is 32.9. The molecule has 0 radical (unpaired) electrons. The molecule has 176 valence electrons. The van der Waals surface area contributed by atoms with Crippen LogP contribution in [0.2, 0.25) is 0 Å². The standard InChI is InChI=1S/C23H48O6/c1-3-5-7-8-9-11-13-25-15-17-27-19-21-29-23-22-28-20-18-26-16-14-24-12-10-6-4-2/h3-23H2,1-2H3. The highest BCUT2D eigenvalue weighted by Crippen LogP contribution is 2.04. The third-order valence-electron chi connectivity index (χ3n) is 4.39. The van der Waals surface area contributed by atoms with Crippen molar-refractivity contribution in [2.75, 3.05) is 79.3 Å². The van der Waals surface area contributed by atoms with Crippen LogP contribution in [0.15, 0.2) is 0 Å². The fourth-order valence-electron chi connectivity index (χ4n) is 2.64. The molecule has 0 aromatic rings. The van der Waals surface area contributed by atoms with Crippen molar-refractivity contribution in [2.24, 2.45) is 0 Å². The fraction of sp³-hybridized carbons (Fsp3) is 1.00. The van der Waals surface area contributed by atoms with E-state index in [1.165, 1.54) is 44.9 Å². The van der Waals surface area contributed by atoms with Crippen molar-refractivity contribution in [3.8, 4) is 0 Å². The Morgan fingerprint density at radius 3 is 0.897 bits per heavy atom. The van der Waals surface area contributed by atoms with Gasteiger partial charge in [0.25, 0.3) is 0 Å². The Morgan fingerprint density at radius 1 is 0.276 bits per heavy atom. The molecule has 0 spiro atoms. The van der Waals surface area contributed by atoms with Gasteiger partial charge in [-0.05, 0) is 12.8 Å². The third-order valence-corrected chi connectivity index (χ3v) is 4.39. The first kappa shape index (κ1) is 28.8. The van der Waals surface area contributed by atoms with Gasteiger partial charge in [-0.15, -0.1) is 0 Å². The maximum Gasteiger partial charge on any atom is 0.0701 e. The normalized spacial score (nSPS) is 11.4. The molecular formula is C23H48O6. The SMILES string of the molecule is CCCCCCCCOCCOCCOCCOCCOCCOCCCCC. The van der Waals surface area contributed by atoms with Gasteiger partial charge >= 0.3 is 0 Å². The number of unbranched alkanes of at least 4 members (excludes halogenated alkanes) is 7. The summed E-state index contributed by atoms with van der Waals surface area (Å²) in [5.41, 5.74) is 0. The Bertz CT molecular complexity index is 252. The lowest BCUT2D eigenvalue weighted by molar-refractivity contribution is -0.0169. The zero-order valence-electron chi connectivity index (χ0n) is 19.3. The summed E-state index contributed by atoms with van der Waals surface area (Å²) in [4.78, 5) is 0. The lowest BCUT2D eigenvalue weighted by Gasteiger charge is -2.08. The maximum absolute atomic E-state index is 5.56. The maximum atomic E-state index is 5.56. The Balaban J connectivity index is 2.97. The van der Waals surface area contributed by atoms with E-state index in [0.717, 1.165) is 26.1 Å². The van der Waals surface area contributed by atoms with Crippen LogP contribution in [0.1, 0.15) is 71.6 Å². The third kappa shape index (κ3) is 27.8. The second kappa shape index (κ2) is 27.8. The van der Waals surface area contributed by atoms with Crippen molar-refractivity contribution in [3.05, 3.63) is 0 Å². The average Bonchev–Trinajstić information content (AvgIpc) is 2.74. The van der Waals surface area contributed by atoms with E-state index in [2.05, 4.69) is 13.8 Å². The largest absolute Gasteiger partial charge is 0.379 e. The average molecular weight is 421 g/mol. The molecule has 0 bridgehead atoms. The van der Waals surface area contributed by atoms with E-state index in [1.54, 1.807) is 0 Å². The monoisotopic (exact) mass is 420 g/mol. The highest BCUT2D eigenvalue weighted by molar-refractivity contribution is 4.43. The molecule has 0 aliphatic carbocycles. The summed E-state index contributed by atoms with van der Waals surface area (Å²) in [6, 6.07) is 0. The summed E-state index contributed by atoms with van der Waals surface area (Å²) in [7, 11) is 0. The summed E-state index contributed by atoms with van der Waals surface area (Å²) >= 11 is 0. The van der Waals surface area contributed by atoms with Gasteiger partial charge in [-0.2, -0.15) is 0 Å². The molecule has 0 unspecified atom stereocenters. The molecule has 29 heavy (non-hydrogen) atoms. The molecule has 0 N–H and O–H groups in total. The summed E-state index contributed by atoms with van der Waals surface area (Å²) in [6.07, 6.45) is 11.4. The number of ether oxygens (including phenoxy) is 6. The first-order chi connectivity index (χ1) is 14.4. The molecule has 0 rings (SSSR count). The minimum absolute atomic E-state index is 0.582. The first-order valence-corrected chi connectivity index (χ1v) is 11.9. The van der Waals surface area contributed by atoms with Crippen LogP contribution in [0, 0.1) is 0 Å². The van der Waals surface area contributed by atoms with Crippen LogP contribution in [0.4, 0.5) is 0 Å². The molecule has 0 saturated carbocycles. The molecular weight excluding hydrogens is 372 g/mol. The smallest absolute Gasteiger partial charge is 0.0701 e. The van der Waals surface area contributed by atoms with Gasteiger partial charge in [-0.1, -0.05) is 58.8 Å². The van der Waals surface area contributed by atoms with Gasteiger partial charge in [0.1, 0.15) is 0 Å². The predicted molar refractivity (Wildman–Crippen MR) is 118 cm³/mol. The van der Waals surface area contributed by atoms with E-state index in [0.29, 0.717) is 66.1 Å². The van der Waals surface area contributed by atoms with Gasteiger partial charge in [-0.25, -0.2) is 0 Å². The summed E-state index contributed by atoms with van der Waals surface area (Å²) in [5.74, 6) is 0. The van der Waals surface area contributed by atoms with Crippen molar-refractivity contribution in [3.63, 3.8) is 0 Å². The fourth-order valence-corrected chi connectivity index (χ4v) is 2.64. The van der Waals surface area contributed by atoms with Gasteiger partial charge in [0.05, 0.1) is 66.1 Å². The highest BCUT2D eigenvalue weighted by atomic mass is 16.6. The molecule has 0 saturated heterocycles. The van der Waals surface area contributed by atoms with Gasteiger partial charge in [0.2, 0.25) is 0 Å². The molecule has 0 fully saturated rings. The highest BCUT2D eigenvalue weighted by Gasteiger charge is 1.95. The second-order valence-corrected chi connectivity index (χ2v) is 7.15. The topological polar surface area (TPSA) is 55.4 Å². The van der Waals surface area contributed by atoms with Crippen molar-refractivity contribution < 1.29 is 28.4 Å². The molecule has 0 atom stereocenters. The zero-order valence-corrected chi connectivity index (χ0v) is 19.3. The number of hydrogen-bond acceptors (Lipinski definition) is 6. The van der Waals surface area contributed by atoms with E-state index < -0.39 is 0 Å². The van der Waals surface area contributed by atoms with E-state index in [4.69, 9.17) is 28.4 Å². The van der Waals surface area contributed by atoms with Crippen molar-refractivity contribution >= 4 is 0 Å². The van der Waals surface area contributed by atoms with E-state index in [-0.39, 0.29) is 0 Å². The van der Waals surface area contributed by atoms with Crippen LogP contribution in [-0.4, -0.2) is 79.3 Å². The summed E-state index contributed by atoms with van der Waals surface area (Å²) in [5, 5.41) is 0. The molecule has 0 aromatic carbocycles.